The van der Waals surface area contributed by atoms with Crippen molar-refractivity contribution in [1.82, 2.24) is 4.90 Å². The lowest BCUT2D eigenvalue weighted by Crippen LogP contribution is -2.49. The minimum absolute atomic E-state index is 0.0545. The fourth-order valence-electron chi connectivity index (χ4n) is 4.27. The van der Waals surface area contributed by atoms with Gasteiger partial charge in [-0.05, 0) is 32.3 Å². The Balaban J connectivity index is 1.64. The second-order valence-electron chi connectivity index (χ2n) is 6.98. The SMILES string of the molecule is CC(C)N1[C@@H]2CC[C@H]1CC(OC(=O)[C@H](C=O)c1ccccc1)C2. The summed E-state index contributed by atoms with van der Waals surface area (Å²) in [5, 5.41) is 0. The Hall–Kier alpha value is -1.68. The predicted octanol–water partition coefficient (Wildman–Crippen LogP) is 2.92. The Kier molecular flexibility index (Phi) is 4.81. The van der Waals surface area contributed by atoms with Gasteiger partial charge in [0.25, 0.3) is 0 Å². The van der Waals surface area contributed by atoms with Gasteiger partial charge in [-0.15, -0.1) is 0 Å². The van der Waals surface area contributed by atoms with Gasteiger partial charge >= 0.3 is 5.97 Å². The van der Waals surface area contributed by atoms with Gasteiger partial charge in [-0.1, -0.05) is 30.3 Å². The Labute approximate surface area is 137 Å². The number of rotatable bonds is 5. The molecule has 0 radical (unpaired) electrons. The number of hydrogen-bond acceptors (Lipinski definition) is 4. The third kappa shape index (κ3) is 3.32. The zero-order valence-electron chi connectivity index (χ0n) is 13.9. The van der Waals surface area contributed by atoms with E-state index in [1.807, 2.05) is 18.2 Å². The lowest BCUT2D eigenvalue weighted by Gasteiger charge is -2.41. The second kappa shape index (κ2) is 6.83. The first-order valence-electron chi connectivity index (χ1n) is 8.58. The number of ether oxygens (including phenoxy) is 1. The summed E-state index contributed by atoms with van der Waals surface area (Å²) >= 11 is 0. The number of piperidine rings is 1. The number of esters is 1. The van der Waals surface area contributed by atoms with Crippen molar-refractivity contribution < 1.29 is 14.3 Å². The molecule has 1 aromatic rings. The number of aldehydes is 1. The summed E-state index contributed by atoms with van der Waals surface area (Å²) in [5.41, 5.74) is 0.704. The maximum Gasteiger partial charge on any atom is 0.320 e. The lowest BCUT2D eigenvalue weighted by molar-refractivity contribution is -0.155. The summed E-state index contributed by atoms with van der Waals surface area (Å²) < 4.78 is 5.71. The highest BCUT2D eigenvalue weighted by molar-refractivity contribution is 5.94. The van der Waals surface area contributed by atoms with E-state index in [4.69, 9.17) is 4.74 Å². The van der Waals surface area contributed by atoms with Gasteiger partial charge in [-0.25, -0.2) is 0 Å². The van der Waals surface area contributed by atoms with Crippen molar-refractivity contribution in [3.8, 4) is 0 Å². The van der Waals surface area contributed by atoms with Crippen molar-refractivity contribution in [3.63, 3.8) is 0 Å². The first-order valence-corrected chi connectivity index (χ1v) is 8.58. The molecule has 2 aliphatic heterocycles. The van der Waals surface area contributed by atoms with Crippen LogP contribution in [0.25, 0.3) is 0 Å². The van der Waals surface area contributed by atoms with E-state index in [0.29, 0.717) is 30.0 Å². The van der Waals surface area contributed by atoms with Crippen LogP contribution in [0.4, 0.5) is 0 Å². The summed E-state index contributed by atoms with van der Waals surface area (Å²) in [7, 11) is 0. The molecule has 4 nitrogen and oxygen atoms in total. The minimum Gasteiger partial charge on any atom is -0.461 e. The van der Waals surface area contributed by atoms with Gasteiger partial charge in [0.1, 0.15) is 18.3 Å². The van der Waals surface area contributed by atoms with E-state index in [9.17, 15) is 9.59 Å². The number of nitrogens with zero attached hydrogens (tertiary/aromatic N) is 1. The maximum absolute atomic E-state index is 12.4. The van der Waals surface area contributed by atoms with Crippen LogP contribution in [0.1, 0.15) is 51.0 Å². The molecule has 2 heterocycles. The quantitative estimate of drug-likeness (QED) is 0.476. The van der Waals surface area contributed by atoms with Crippen molar-refractivity contribution in [2.45, 2.75) is 69.7 Å². The summed E-state index contributed by atoms with van der Waals surface area (Å²) in [6, 6.07) is 10.7. The van der Waals surface area contributed by atoms with E-state index in [-0.39, 0.29) is 6.10 Å². The van der Waals surface area contributed by atoms with Crippen molar-refractivity contribution >= 4 is 12.3 Å². The van der Waals surface area contributed by atoms with Crippen LogP contribution >= 0.6 is 0 Å². The lowest BCUT2D eigenvalue weighted by atomic mass is 9.97. The van der Waals surface area contributed by atoms with Gasteiger partial charge < -0.3 is 9.53 Å². The topological polar surface area (TPSA) is 46.6 Å². The van der Waals surface area contributed by atoms with Gasteiger partial charge in [-0.2, -0.15) is 0 Å². The molecular formula is C19H25NO3. The highest BCUT2D eigenvalue weighted by atomic mass is 16.5. The summed E-state index contributed by atoms with van der Waals surface area (Å²) in [4.78, 5) is 26.4. The van der Waals surface area contributed by atoms with Crippen LogP contribution < -0.4 is 0 Å². The fourth-order valence-corrected chi connectivity index (χ4v) is 4.27. The second-order valence-corrected chi connectivity index (χ2v) is 6.98. The third-order valence-electron chi connectivity index (χ3n) is 5.17. The minimum atomic E-state index is -0.808. The highest BCUT2D eigenvalue weighted by Gasteiger charge is 2.43. The molecule has 2 saturated heterocycles. The van der Waals surface area contributed by atoms with E-state index in [2.05, 4.69) is 18.7 Å². The van der Waals surface area contributed by atoms with Gasteiger partial charge in [0.2, 0.25) is 0 Å². The van der Waals surface area contributed by atoms with Gasteiger partial charge in [0.15, 0.2) is 0 Å². The van der Waals surface area contributed by atoms with Gasteiger partial charge in [0, 0.05) is 31.0 Å². The molecule has 1 unspecified atom stereocenters. The Morgan fingerprint density at radius 1 is 1.17 bits per heavy atom. The molecule has 0 aromatic heterocycles. The molecular weight excluding hydrogens is 290 g/mol. The number of benzene rings is 1. The molecule has 4 atom stereocenters. The third-order valence-corrected chi connectivity index (χ3v) is 5.17. The van der Waals surface area contributed by atoms with Crippen LogP contribution in [0.5, 0.6) is 0 Å². The molecule has 2 aliphatic rings. The Morgan fingerprint density at radius 3 is 2.30 bits per heavy atom. The number of carbonyl (C=O) groups is 2. The van der Waals surface area contributed by atoms with Crippen LogP contribution in [-0.4, -0.2) is 41.4 Å². The predicted molar refractivity (Wildman–Crippen MR) is 88.1 cm³/mol. The largest absolute Gasteiger partial charge is 0.461 e. The smallest absolute Gasteiger partial charge is 0.320 e. The van der Waals surface area contributed by atoms with Crippen LogP contribution in [0, 0.1) is 0 Å². The van der Waals surface area contributed by atoms with Crippen LogP contribution in [0.2, 0.25) is 0 Å². The molecule has 0 saturated carbocycles. The van der Waals surface area contributed by atoms with Crippen LogP contribution in [-0.2, 0) is 14.3 Å². The van der Waals surface area contributed by atoms with E-state index < -0.39 is 11.9 Å². The van der Waals surface area contributed by atoms with Crippen molar-refractivity contribution in [3.05, 3.63) is 35.9 Å². The summed E-state index contributed by atoms with van der Waals surface area (Å²) in [6.45, 7) is 4.46. The average molecular weight is 315 g/mol. The molecule has 2 bridgehead atoms. The molecule has 4 heteroatoms. The Morgan fingerprint density at radius 2 is 1.78 bits per heavy atom. The molecule has 2 fully saturated rings. The number of hydrogen-bond donors (Lipinski definition) is 0. The molecule has 23 heavy (non-hydrogen) atoms. The highest BCUT2D eigenvalue weighted by Crippen LogP contribution is 2.38. The molecule has 0 spiro atoms. The summed E-state index contributed by atoms with van der Waals surface area (Å²) in [6.07, 6.45) is 4.79. The molecule has 3 rings (SSSR count). The van der Waals surface area contributed by atoms with Crippen LogP contribution in [0.15, 0.2) is 30.3 Å². The van der Waals surface area contributed by atoms with E-state index in [1.165, 1.54) is 12.8 Å². The number of fused-ring (bicyclic) bond motifs is 2. The molecule has 0 aliphatic carbocycles. The van der Waals surface area contributed by atoms with Crippen LogP contribution in [0.3, 0.4) is 0 Å². The average Bonchev–Trinajstić information content (AvgIpc) is 2.81. The Bertz CT molecular complexity index is 543. The maximum atomic E-state index is 12.4. The molecule has 0 amide bonds. The zero-order valence-corrected chi connectivity index (χ0v) is 13.9. The van der Waals surface area contributed by atoms with E-state index in [0.717, 1.165) is 12.8 Å². The standard InChI is InChI=1S/C19H25NO3/c1-13(2)20-15-8-9-16(20)11-17(10-15)23-19(22)18(12-21)14-6-4-3-5-7-14/h3-7,12-13,15-18H,8-11H2,1-2H3/t15-,16+,17?,18-/m1/s1. The zero-order chi connectivity index (χ0) is 16.4. The molecule has 1 aromatic carbocycles. The monoisotopic (exact) mass is 315 g/mol. The first kappa shape index (κ1) is 16.2. The number of carbonyl (C=O) groups excluding carboxylic acids is 2. The fraction of sp³-hybridized carbons (Fsp3) is 0.579. The van der Waals surface area contributed by atoms with Gasteiger partial charge in [-0.3, -0.25) is 9.69 Å². The van der Waals surface area contributed by atoms with E-state index in [1.54, 1.807) is 12.1 Å². The molecule has 0 N–H and O–H groups in total. The normalized spacial score (nSPS) is 28.6. The first-order chi connectivity index (χ1) is 11.1. The van der Waals surface area contributed by atoms with E-state index >= 15 is 0 Å². The van der Waals surface area contributed by atoms with Crippen molar-refractivity contribution in [2.75, 3.05) is 0 Å². The van der Waals surface area contributed by atoms with Crippen molar-refractivity contribution in [2.24, 2.45) is 0 Å². The summed E-state index contributed by atoms with van der Waals surface area (Å²) in [5.74, 6) is -1.22. The molecule has 124 valence electrons. The van der Waals surface area contributed by atoms with Gasteiger partial charge in [0.05, 0.1) is 0 Å². The van der Waals surface area contributed by atoms with Crippen molar-refractivity contribution in [1.29, 1.82) is 0 Å².